The Bertz CT molecular complexity index is 2620. The van der Waals surface area contributed by atoms with E-state index in [9.17, 15) is 0 Å². The molecule has 8 aromatic carbocycles. The third kappa shape index (κ3) is 4.04. The largest absolute Gasteiger partial charge is 0.134 e. The molecule has 0 fully saturated rings. The summed E-state index contributed by atoms with van der Waals surface area (Å²) in [6.45, 7) is 0. The monoisotopic (exact) mass is 618 g/mol. The zero-order valence-electron chi connectivity index (χ0n) is 24.8. The number of hydrogen-bond donors (Lipinski definition) is 0. The molecule has 0 aliphatic heterocycles. The molecule has 0 bridgehead atoms. The van der Waals surface area contributed by atoms with Gasteiger partial charge in [0.25, 0.3) is 0 Å². The van der Waals surface area contributed by atoms with Gasteiger partial charge in [0.1, 0.15) is 0 Å². The maximum atomic E-state index is 2.35. The van der Waals surface area contributed by atoms with Gasteiger partial charge in [0.15, 0.2) is 0 Å². The normalized spacial score (nSPS) is 11.9. The molecule has 0 atom stereocenters. The molecule has 2 heteroatoms. The standard InChI is InChI=1S/C44H26S2/c1-3-9-29-25-39-31(23-27(29)7-1)15-17-35-33(39)11-5-13-37(35)41-19-21-43(45-41)44-22-20-42(46-44)38-14-6-12-34-36(38)18-16-32-24-28-8-2-4-10-30(28)26-40(32)34/h1-26H. The van der Waals surface area contributed by atoms with E-state index < -0.39 is 0 Å². The van der Waals surface area contributed by atoms with Crippen molar-refractivity contribution in [2.24, 2.45) is 0 Å². The van der Waals surface area contributed by atoms with Gasteiger partial charge in [-0.15, -0.1) is 22.7 Å². The molecule has 0 saturated carbocycles. The van der Waals surface area contributed by atoms with Gasteiger partial charge >= 0.3 is 0 Å². The molecule has 0 spiro atoms. The van der Waals surface area contributed by atoms with Gasteiger partial charge in [-0.25, -0.2) is 0 Å². The molecule has 0 amide bonds. The second kappa shape index (κ2) is 10.1. The van der Waals surface area contributed by atoms with E-state index in [0.29, 0.717) is 0 Å². The van der Waals surface area contributed by atoms with Crippen LogP contribution in [0.15, 0.2) is 158 Å². The summed E-state index contributed by atoms with van der Waals surface area (Å²) in [6, 6.07) is 58.5. The van der Waals surface area contributed by atoms with Crippen LogP contribution in [0.4, 0.5) is 0 Å². The highest BCUT2D eigenvalue weighted by Crippen LogP contribution is 2.44. The second-order valence-electron chi connectivity index (χ2n) is 12.1. The van der Waals surface area contributed by atoms with Crippen molar-refractivity contribution in [3.05, 3.63) is 158 Å². The average molecular weight is 619 g/mol. The molecule has 0 saturated heterocycles. The lowest BCUT2D eigenvalue weighted by Crippen LogP contribution is -1.82. The van der Waals surface area contributed by atoms with E-state index in [4.69, 9.17) is 0 Å². The second-order valence-corrected chi connectivity index (χ2v) is 14.3. The maximum Gasteiger partial charge on any atom is 0.0449 e. The van der Waals surface area contributed by atoms with Crippen LogP contribution in [0.1, 0.15) is 0 Å². The van der Waals surface area contributed by atoms with Crippen molar-refractivity contribution in [1.29, 1.82) is 0 Å². The van der Waals surface area contributed by atoms with Crippen molar-refractivity contribution >= 4 is 87.3 Å². The van der Waals surface area contributed by atoms with Crippen molar-refractivity contribution in [1.82, 2.24) is 0 Å². The lowest BCUT2D eigenvalue weighted by molar-refractivity contribution is 1.76. The molecule has 0 aliphatic carbocycles. The molecule has 46 heavy (non-hydrogen) atoms. The summed E-state index contributed by atoms with van der Waals surface area (Å²) in [5.41, 5.74) is 2.60. The maximum absolute atomic E-state index is 2.35. The van der Waals surface area contributed by atoms with Crippen LogP contribution in [0.2, 0.25) is 0 Å². The van der Waals surface area contributed by atoms with Crippen molar-refractivity contribution in [3.8, 4) is 30.6 Å². The summed E-state index contributed by atoms with van der Waals surface area (Å²) in [6.07, 6.45) is 0. The smallest absolute Gasteiger partial charge is 0.0449 e. The fraction of sp³-hybridized carbons (Fsp3) is 0. The summed E-state index contributed by atoms with van der Waals surface area (Å²) in [4.78, 5) is 5.23. The molecule has 0 nitrogen and oxygen atoms in total. The zero-order chi connectivity index (χ0) is 30.2. The molecular formula is C44H26S2. The van der Waals surface area contributed by atoms with Crippen molar-refractivity contribution in [3.63, 3.8) is 0 Å². The number of benzene rings is 8. The fourth-order valence-corrected chi connectivity index (χ4v) is 9.40. The first-order valence-electron chi connectivity index (χ1n) is 15.7. The Labute approximate surface area is 274 Å². The topological polar surface area (TPSA) is 0 Å². The quantitative estimate of drug-likeness (QED) is 0.136. The van der Waals surface area contributed by atoms with Gasteiger partial charge in [-0.05, 0) is 124 Å². The molecule has 10 aromatic rings. The summed E-state index contributed by atoms with van der Waals surface area (Å²) in [7, 11) is 0. The predicted molar refractivity (Wildman–Crippen MR) is 204 cm³/mol. The van der Waals surface area contributed by atoms with Crippen LogP contribution in [0, 0.1) is 0 Å². The van der Waals surface area contributed by atoms with E-state index in [1.807, 2.05) is 22.7 Å². The highest BCUT2D eigenvalue weighted by Gasteiger charge is 2.14. The Morgan fingerprint density at radius 3 is 1.11 bits per heavy atom. The Morgan fingerprint density at radius 2 is 0.652 bits per heavy atom. The van der Waals surface area contributed by atoms with E-state index in [0.717, 1.165) is 0 Å². The first-order chi connectivity index (χ1) is 22.8. The van der Waals surface area contributed by atoms with Crippen LogP contribution in [-0.2, 0) is 0 Å². The van der Waals surface area contributed by atoms with Gasteiger partial charge in [0, 0.05) is 19.5 Å². The zero-order valence-corrected chi connectivity index (χ0v) is 26.5. The first-order valence-corrected chi connectivity index (χ1v) is 17.3. The van der Waals surface area contributed by atoms with Crippen LogP contribution in [0.5, 0.6) is 0 Å². The van der Waals surface area contributed by atoms with E-state index in [-0.39, 0.29) is 0 Å². The molecule has 214 valence electrons. The predicted octanol–water partition coefficient (Wildman–Crippen LogP) is 13.7. The lowest BCUT2D eigenvalue weighted by Gasteiger charge is -2.10. The minimum absolute atomic E-state index is 1.28. The van der Waals surface area contributed by atoms with Gasteiger partial charge in [-0.2, -0.15) is 0 Å². The van der Waals surface area contributed by atoms with Crippen molar-refractivity contribution < 1.29 is 0 Å². The minimum atomic E-state index is 1.28. The summed E-state index contributed by atoms with van der Waals surface area (Å²) < 4.78 is 0. The molecule has 2 aromatic heterocycles. The van der Waals surface area contributed by atoms with E-state index in [1.54, 1.807) is 0 Å². The van der Waals surface area contributed by atoms with Crippen LogP contribution in [0.25, 0.3) is 95.3 Å². The average Bonchev–Trinajstić information content (AvgIpc) is 3.80. The Kier molecular flexibility index (Phi) is 5.72. The van der Waals surface area contributed by atoms with Gasteiger partial charge in [-0.3, -0.25) is 0 Å². The Morgan fingerprint density at radius 1 is 0.239 bits per heavy atom. The van der Waals surface area contributed by atoms with E-state index in [1.165, 1.54) is 95.3 Å². The summed E-state index contributed by atoms with van der Waals surface area (Å²) in [5, 5.41) is 15.6. The molecular weight excluding hydrogens is 593 g/mol. The number of fused-ring (bicyclic) bond motifs is 8. The SMILES string of the molecule is c1ccc2cc3c(ccc4c(-c5ccc(-c6ccc(-c7cccc8c7ccc7cc9ccccc9cc78)s6)s5)cccc43)cc2c1. The van der Waals surface area contributed by atoms with Gasteiger partial charge in [0.05, 0.1) is 0 Å². The third-order valence-corrected chi connectivity index (χ3v) is 11.9. The van der Waals surface area contributed by atoms with Crippen LogP contribution in [0.3, 0.4) is 0 Å². The summed E-state index contributed by atoms with van der Waals surface area (Å²) >= 11 is 3.77. The number of thiophene rings is 2. The molecule has 10 rings (SSSR count). The Hall–Kier alpha value is -5.28. The summed E-state index contributed by atoms with van der Waals surface area (Å²) in [5.74, 6) is 0. The van der Waals surface area contributed by atoms with Crippen molar-refractivity contribution in [2.75, 3.05) is 0 Å². The lowest BCUT2D eigenvalue weighted by atomic mass is 9.95. The van der Waals surface area contributed by atoms with Crippen LogP contribution < -0.4 is 0 Å². The van der Waals surface area contributed by atoms with E-state index >= 15 is 0 Å². The highest BCUT2D eigenvalue weighted by molar-refractivity contribution is 7.25. The van der Waals surface area contributed by atoms with Gasteiger partial charge < -0.3 is 0 Å². The van der Waals surface area contributed by atoms with Gasteiger partial charge in [-0.1, -0.05) is 109 Å². The number of hydrogen-bond acceptors (Lipinski definition) is 2. The Balaban J connectivity index is 1.05. The molecule has 2 heterocycles. The van der Waals surface area contributed by atoms with Gasteiger partial charge in [0.2, 0.25) is 0 Å². The van der Waals surface area contributed by atoms with Crippen LogP contribution >= 0.6 is 22.7 Å². The molecule has 0 N–H and O–H groups in total. The van der Waals surface area contributed by atoms with Crippen molar-refractivity contribution in [2.45, 2.75) is 0 Å². The van der Waals surface area contributed by atoms with Crippen LogP contribution in [-0.4, -0.2) is 0 Å². The molecule has 0 unspecified atom stereocenters. The third-order valence-electron chi connectivity index (χ3n) is 9.47. The molecule has 0 aliphatic rings. The van der Waals surface area contributed by atoms with E-state index in [2.05, 4.69) is 158 Å². The fourth-order valence-electron chi connectivity index (χ4n) is 7.22. The minimum Gasteiger partial charge on any atom is -0.134 e. The first kappa shape index (κ1) is 26.0. The molecule has 0 radical (unpaired) electrons. The highest BCUT2D eigenvalue weighted by atomic mass is 32.1. The number of rotatable bonds is 3.